The van der Waals surface area contributed by atoms with E-state index in [9.17, 15) is 18.0 Å². The Bertz CT molecular complexity index is 1140. The van der Waals surface area contributed by atoms with Crippen LogP contribution in [-0.2, 0) is 31.6 Å². The predicted molar refractivity (Wildman–Crippen MR) is 148 cm³/mol. The smallest absolute Gasteiger partial charge is 0.244 e. The zero-order valence-electron chi connectivity index (χ0n) is 23.1. The molecule has 0 aliphatic rings. The summed E-state index contributed by atoms with van der Waals surface area (Å²) in [5.41, 5.74) is 2.16. The number of methoxy groups -OCH3 is 1. The van der Waals surface area contributed by atoms with Gasteiger partial charge in [-0.25, -0.2) is 8.42 Å². The Hall–Kier alpha value is -3.07. The minimum atomic E-state index is -3.77. The topological polar surface area (TPSA) is 96.0 Å². The fourth-order valence-electron chi connectivity index (χ4n) is 3.95. The molecule has 0 saturated heterocycles. The van der Waals surface area contributed by atoms with Crippen LogP contribution in [0.5, 0.6) is 5.75 Å². The fourth-order valence-corrected chi connectivity index (χ4v) is 4.80. The van der Waals surface area contributed by atoms with Crippen molar-refractivity contribution in [2.24, 2.45) is 0 Å². The van der Waals surface area contributed by atoms with Crippen molar-refractivity contribution in [3.63, 3.8) is 0 Å². The molecule has 1 atom stereocenters. The summed E-state index contributed by atoms with van der Waals surface area (Å²) in [7, 11) is -2.20. The zero-order valence-corrected chi connectivity index (χ0v) is 23.9. The number of hydrogen-bond donors (Lipinski definition) is 1. The summed E-state index contributed by atoms with van der Waals surface area (Å²) in [6.07, 6.45) is 2.23. The lowest BCUT2D eigenvalue weighted by Crippen LogP contribution is -2.52. The highest BCUT2D eigenvalue weighted by Crippen LogP contribution is 2.26. The van der Waals surface area contributed by atoms with Crippen molar-refractivity contribution in [1.82, 2.24) is 10.2 Å². The normalized spacial score (nSPS) is 12.5. The molecule has 2 aromatic carbocycles. The first-order valence-electron chi connectivity index (χ1n) is 12.6. The molecular formula is C28H41N3O5S. The molecular weight excluding hydrogens is 490 g/mol. The third-order valence-corrected chi connectivity index (χ3v) is 7.29. The molecule has 2 amide bonds. The van der Waals surface area contributed by atoms with Gasteiger partial charge in [-0.15, -0.1) is 0 Å². The Balaban J connectivity index is 2.42. The lowest BCUT2D eigenvalue weighted by molar-refractivity contribution is -0.140. The van der Waals surface area contributed by atoms with Gasteiger partial charge in [0.2, 0.25) is 21.8 Å². The van der Waals surface area contributed by atoms with Crippen LogP contribution in [0.4, 0.5) is 5.69 Å². The van der Waals surface area contributed by atoms with Crippen LogP contribution in [0.2, 0.25) is 0 Å². The van der Waals surface area contributed by atoms with E-state index in [1.165, 1.54) is 4.90 Å². The second kappa shape index (κ2) is 12.9. The SMILES string of the molecule is CCCNC(=O)[C@H](CC)N(Cc1ccc(OC)cc1)C(=O)CN(c1ccc(C(C)(C)C)cc1)S(C)(=O)=O. The van der Waals surface area contributed by atoms with Gasteiger partial charge in [0.25, 0.3) is 0 Å². The molecule has 8 nitrogen and oxygen atoms in total. The lowest BCUT2D eigenvalue weighted by atomic mass is 9.87. The summed E-state index contributed by atoms with van der Waals surface area (Å²) < 4.78 is 31.9. The van der Waals surface area contributed by atoms with E-state index in [0.717, 1.165) is 28.1 Å². The van der Waals surface area contributed by atoms with Crippen molar-refractivity contribution in [1.29, 1.82) is 0 Å². The van der Waals surface area contributed by atoms with Crippen molar-refractivity contribution >= 4 is 27.5 Å². The second-order valence-electron chi connectivity index (χ2n) is 10.2. The highest BCUT2D eigenvalue weighted by Gasteiger charge is 2.31. The molecule has 9 heteroatoms. The molecule has 0 spiro atoms. The Kier molecular flexibility index (Phi) is 10.5. The van der Waals surface area contributed by atoms with Crippen LogP contribution in [0.3, 0.4) is 0 Å². The number of amides is 2. The second-order valence-corrected chi connectivity index (χ2v) is 12.1. The van der Waals surface area contributed by atoms with Gasteiger partial charge in [-0.05, 0) is 53.6 Å². The number of carbonyl (C=O) groups excluding carboxylic acids is 2. The van der Waals surface area contributed by atoms with Gasteiger partial charge in [0, 0.05) is 13.1 Å². The van der Waals surface area contributed by atoms with Crippen molar-refractivity contribution < 1.29 is 22.7 Å². The Labute approximate surface area is 222 Å². The number of sulfonamides is 1. The Morgan fingerprint density at radius 2 is 1.59 bits per heavy atom. The van der Waals surface area contributed by atoms with Crippen LogP contribution >= 0.6 is 0 Å². The minimum absolute atomic E-state index is 0.0976. The summed E-state index contributed by atoms with van der Waals surface area (Å²) in [5.74, 6) is -0.0393. The molecule has 0 aromatic heterocycles. The van der Waals surface area contributed by atoms with E-state index >= 15 is 0 Å². The van der Waals surface area contributed by atoms with Crippen LogP contribution in [-0.4, -0.2) is 57.6 Å². The van der Waals surface area contributed by atoms with Crippen molar-refractivity contribution in [3.05, 3.63) is 59.7 Å². The van der Waals surface area contributed by atoms with Crippen LogP contribution in [0.15, 0.2) is 48.5 Å². The van der Waals surface area contributed by atoms with E-state index in [0.29, 0.717) is 24.4 Å². The van der Waals surface area contributed by atoms with Crippen molar-refractivity contribution in [3.8, 4) is 5.75 Å². The van der Waals surface area contributed by atoms with Gasteiger partial charge < -0.3 is 15.0 Å². The molecule has 2 rings (SSSR count). The van der Waals surface area contributed by atoms with E-state index in [2.05, 4.69) is 26.1 Å². The average Bonchev–Trinajstić information content (AvgIpc) is 2.85. The molecule has 1 N–H and O–H groups in total. The summed E-state index contributed by atoms with van der Waals surface area (Å²) >= 11 is 0. The highest BCUT2D eigenvalue weighted by molar-refractivity contribution is 7.92. The number of nitrogens with one attached hydrogen (secondary N) is 1. The van der Waals surface area contributed by atoms with E-state index in [1.54, 1.807) is 31.4 Å². The number of ether oxygens (including phenoxy) is 1. The minimum Gasteiger partial charge on any atom is -0.497 e. The number of benzene rings is 2. The van der Waals surface area contributed by atoms with Crippen molar-refractivity contribution in [2.75, 3.05) is 30.8 Å². The fraction of sp³-hybridized carbons (Fsp3) is 0.500. The maximum atomic E-state index is 13.7. The molecule has 0 aliphatic carbocycles. The number of anilines is 1. The number of hydrogen-bond acceptors (Lipinski definition) is 5. The third-order valence-electron chi connectivity index (χ3n) is 6.15. The van der Waals surface area contributed by atoms with E-state index < -0.39 is 28.5 Å². The summed E-state index contributed by atoms with van der Waals surface area (Å²) in [5, 5.41) is 2.87. The largest absolute Gasteiger partial charge is 0.497 e. The molecule has 37 heavy (non-hydrogen) atoms. The average molecular weight is 532 g/mol. The van der Waals surface area contributed by atoms with Gasteiger partial charge in [-0.3, -0.25) is 13.9 Å². The quantitative estimate of drug-likeness (QED) is 0.445. The molecule has 0 bridgehead atoms. The molecule has 0 saturated carbocycles. The molecule has 0 aliphatic heterocycles. The Morgan fingerprint density at radius 3 is 2.05 bits per heavy atom. The van der Waals surface area contributed by atoms with E-state index in [1.807, 2.05) is 38.1 Å². The first-order chi connectivity index (χ1) is 17.3. The van der Waals surface area contributed by atoms with Gasteiger partial charge in [-0.1, -0.05) is 58.9 Å². The van der Waals surface area contributed by atoms with Crippen LogP contribution in [0.25, 0.3) is 0 Å². The van der Waals surface area contributed by atoms with Gasteiger partial charge in [-0.2, -0.15) is 0 Å². The van der Waals surface area contributed by atoms with Gasteiger partial charge >= 0.3 is 0 Å². The monoisotopic (exact) mass is 531 g/mol. The first-order valence-corrected chi connectivity index (χ1v) is 14.4. The maximum Gasteiger partial charge on any atom is 0.244 e. The van der Waals surface area contributed by atoms with Gasteiger partial charge in [0.1, 0.15) is 18.3 Å². The maximum absolute atomic E-state index is 13.7. The summed E-state index contributed by atoms with van der Waals surface area (Å²) in [6.45, 7) is 10.3. The standard InChI is InChI=1S/C28H41N3O5S/c1-8-18-29-27(33)25(9-2)30(19-21-10-16-24(36-6)17-11-21)26(32)20-31(37(7,34)35)23-14-12-22(13-15-23)28(3,4)5/h10-17,25H,8-9,18-20H2,1-7H3,(H,29,33)/t25-/m0/s1. The molecule has 204 valence electrons. The first kappa shape index (κ1) is 30.2. The number of rotatable bonds is 12. The number of nitrogens with zero attached hydrogens (tertiary/aromatic N) is 2. The molecule has 0 heterocycles. The van der Waals surface area contributed by atoms with Crippen LogP contribution < -0.4 is 14.4 Å². The predicted octanol–water partition coefficient (Wildman–Crippen LogP) is 4.09. The van der Waals surface area contributed by atoms with E-state index in [-0.39, 0.29) is 17.9 Å². The zero-order chi connectivity index (χ0) is 27.8. The lowest BCUT2D eigenvalue weighted by Gasteiger charge is -2.33. The molecule has 0 radical (unpaired) electrons. The highest BCUT2D eigenvalue weighted by atomic mass is 32.2. The van der Waals surface area contributed by atoms with Crippen LogP contribution in [0.1, 0.15) is 58.6 Å². The third kappa shape index (κ3) is 8.49. The molecule has 2 aromatic rings. The number of carbonyl (C=O) groups is 2. The van der Waals surface area contributed by atoms with Crippen molar-refractivity contribution in [2.45, 2.75) is 65.5 Å². The summed E-state index contributed by atoms with van der Waals surface area (Å²) in [4.78, 5) is 28.2. The van der Waals surface area contributed by atoms with Gasteiger partial charge in [0.05, 0.1) is 19.1 Å². The van der Waals surface area contributed by atoms with Crippen LogP contribution in [0, 0.1) is 0 Å². The molecule has 0 fully saturated rings. The van der Waals surface area contributed by atoms with E-state index in [4.69, 9.17) is 4.74 Å². The van der Waals surface area contributed by atoms with Gasteiger partial charge in [0.15, 0.2) is 0 Å². The summed E-state index contributed by atoms with van der Waals surface area (Å²) in [6, 6.07) is 13.7. The Morgan fingerprint density at radius 1 is 1.00 bits per heavy atom. The molecule has 0 unspecified atom stereocenters.